The molecule has 0 radical (unpaired) electrons. The van der Waals surface area contributed by atoms with E-state index in [2.05, 4.69) is 15.9 Å². The molecule has 0 aliphatic heterocycles. The molecule has 0 amide bonds. The summed E-state index contributed by atoms with van der Waals surface area (Å²) in [4.78, 5) is 9.90. The third kappa shape index (κ3) is 2.99. The minimum atomic E-state index is -0.401. The first kappa shape index (κ1) is 9.92. The van der Waals surface area contributed by atoms with Crippen molar-refractivity contribution in [2.45, 2.75) is 6.92 Å². The Hall–Kier alpha value is -1.16. The molecule has 1 aromatic rings. The van der Waals surface area contributed by atoms with E-state index in [1.165, 1.54) is 13.0 Å². The zero-order valence-corrected chi connectivity index (χ0v) is 8.61. The van der Waals surface area contributed by atoms with Crippen molar-refractivity contribution in [3.63, 3.8) is 0 Å². The second kappa shape index (κ2) is 4.18. The Morgan fingerprint density at radius 3 is 2.46 bits per heavy atom. The van der Waals surface area contributed by atoms with Gasteiger partial charge in [-0.1, -0.05) is 28.1 Å². The van der Waals surface area contributed by atoms with Gasteiger partial charge in [0.05, 0.1) is 4.92 Å². The molecule has 0 fully saturated rings. The molecule has 0 unspecified atom stereocenters. The van der Waals surface area contributed by atoms with E-state index in [4.69, 9.17) is 0 Å². The molecule has 0 saturated carbocycles. The Bertz CT molecular complexity index is 343. The van der Waals surface area contributed by atoms with Gasteiger partial charge in [-0.05, 0) is 17.7 Å². The van der Waals surface area contributed by atoms with Crippen LogP contribution in [0.4, 0.5) is 0 Å². The molecular weight excluding hydrogens is 234 g/mol. The Balaban J connectivity index is 2.92. The number of allylic oxidation sites excluding steroid dienone is 1. The molecule has 0 N–H and O–H groups in total. The molecule has 3 nitrogen and oxygen atoms in total. The van der Waals surface area contributed by atoms with Crippen LogP contribution in [0.5, 0.6) is 0 Å². The van der Waals surface area contributed by atoms with Crippen molar-refractivity contribution >= 4 is 22.0 Å². The van der Waals surface area contributed by atoms with E-state index in [0.717, 1.165) is 10.0 Å². The van der Waals surface area contributed by atoms with Gasteiger partial charge < -0.3 is 0 Å². The number of hydrogen-bond donors (Lipinski definition) is 0. The maximum atomic E-state index is 10.3. The number of rotatable bonds is 2. The number of nitrogens with zero attached hydrogens (tertiary/aromatic N) is 1. The van der Waals surface area contributed by atoms with E-state index in [1.54, 1.807) is 0 Å². The highest BCUT2D eigenvalue weighted by Gasteiger charge is 2.00. The van der Waals surface area contributed by atoms with Crippen LogP contribution in [0.25, 0.3) is 6.08 Å². The minimum absolute atomic E-state index is 0.141. The third-order valence-electron chi connectivity index (χ3n) is 1.53. The van der Waals surface area contributed by atoms with Crippen LogP contribution in [0.3, 0.4) is 0 Å². The molecule has 0 saturated heterocycles. The number of benzene rings is 1. The third-order valence-corrected chi connectivity index (χ3v) is 2.06. The zero-order chi connectivity index (χ0) is 9.84. The van der Waals surface area contributed by atoms with Crippen molar-refractivity contribution in [2.75, 3.05) is 0 Å². The van der Waals surface area contributed by atoms with Gasteiger partial charge in [-0.15, -0.1) is 0 Å². The number of halogens is 1. The van der Waals surface area contributed by atoms with E-state index >= 15 is 0 Å². The first-order valence-electron chi connectivity index (χ1n) is 3.68. The minimum Gasteiger partial charge on any atom is -0.259 e. The van der Waals surface area contributed by atoms with Crippen molar-refractivity contribution in [2.24, 2.45) is 0 Å². The fourth-order valence-corrected chi connectivity index (χ4v) is 1.12. The Morgan fingerprint density at radius 1 is 1.46 bits per heavy atom. The van der Waals surface area contributed by atoms with Gasteiger partial charge in [0, 0.05) is 17.5 Å². The summed E-state index contributed by atoms with van der Waals surface area (Å²) in [5.74, 6) is 0. The average Bonchev–Trinajstić information content (AvgIpc) is 2.08. The molecular formula is C9H8BrNO2. The molecule has 4 heteroatoms. The van der Waals surface area contributed by atoms with Gasteiger partial charge in [-0.25, -0.2) is 0 Å². The Morgan fingerprint density at radius 2 is 2.00 bits per heavy atom. The molecule has 0 atom stereocenters. The molecule has 1 rings (SSSR count). The lowest BCUT2D eigenvalue weighted by atomic mass is 10.2. The summed E-state index contributed by atoms with van der Waals surface area (Å²) < 4.78 is 0.961. The van der Waals surface area contributed by atoms with Gasteiger partial charge in [-0.3, -0.25) is 10.1 Å². The van der Waals surface area contributed by atoms with Gasteiger partial charge in [0.25, 0.3) is 0 Å². The molecule has 68 valence electrons. The normalized spacial score (nSPS) is 11.4. The van der Waals surface area contributed by atoms with Gasteiger partial charge in [0.15, 0.2) is 0 Å². The van der Waals surface area contributed by atoms with Crippen molar-refractivity contribution in [1.29, 1.82) is 0 Å². The monoisotopic (exact) mass is 241 g/mol. The van der Waals surface area contributed by atoms with Crippen molar-refractivity contribution < 1.29 is 4.92 Å². The van der Waals surface area contributed by atoms with E-state index in [0.29, 0.717) is 0 Å². The van der Waals surface area contributed by atoms with Crippen LogP contribution in [0.15, 0.2) is 34.4 Å². The van der Waals surface area contributed by atoms with Crippen LogP contribution in [0.1, 0.15) is 12.5 Å². The van der Waals surface area contributed by atoms with Crippen LogP contribution in [0.2, 0.25) is 0 Å². The van der Waals surface area contributed by atoms with E-state index in [-0.39, 0.29) is 5.70 Å². The summed E-state index contributed by atoms with van der Waals surface area (Å²) in [6.45, 7) is 1.47. The summed E-state index contributed by atoms with van der Waals surface area (Å²) >= 11 is 3.29. The Kier molecular flexibility index (Phi) is 3.19. The molecule has 13 heavy (non-hydrogen) atoms. The molecule has 0 spiro atoms. The molecule has 0 aliphatic carbocycles. The summed E-state index contributed by atoms with van der Waals surface area (Å²) in [5.41, 5.74) is 0.972. The first-order valence-corrected chi connectivity index (χ1v) is 4.47. The second-order valence-corrected chi connectivity index (χ2v) is 3.51. The molecule has 0 aliphatic rings. The lowest BCUT2D eigenvalue weighted by Crippen LogP contribution is -1.92. The fraction of sp³-hybridized carbons (Fsp3) is 0.111. The first-order chi connectivity index (χ1) is 6.09. The van der Waals surface area contributed by atoms with Crippen LogP contribution < -0.4 is 0 Å². The predicted octanol–water partition coefficient (Wildman–Crippen LogP) is 3.09. The SMILES string of the molecule is C/C(=C/c1ccc(Br)cc1)[N+](=O)[O-]. The topological polar surface area (TPSA) is 43.1 Å². The maximum absolute atomic E-state index is 10.3. The maximum Gasteiger partial charge on any atom is 0.243 e. The second-order valence-electron chi connectivity index (χ2n) is 2.59. The molecule has 1 aromatic carbocycles. The van der Waals surface area contributed by atoms with Gasteiger partial charge in [0.1, 0.15) is 0 Å². The van der Waals surface area contributed by atoms with Crippen molar-refractivity contribution in [3.05, 3.63) is 50.1 Å². The van der Waals surface area contributed by atoms with Crippen molar-refractivity contribution in [3.8, 4) is 0 Å². The highest BCUT2D eigenvalue weighted by molar-refractivity contribution is 9.10. The number of nitro groups is 1. The summed E-state index contributed by atoms with van der Waals surface area (Å²) in [7, 11) is 0. The lowest BCUT2D eigenvalue weighted by molar-refractivity contribution is -0.422. The van der Waals surface area contributed by atoms with Crippen LogP contribution in [-0.2, 0) is 0 Å². The molecule has 0 bridgehead atoms. The largest absolute Gasteiger partial charge is 0.259 e. The Labute approximate surface area is 84.4 Å². The lowest BCUT2D eigenvalue weighted by Gasteiger charge is -1.93. The standard InChI is InChI=1S/C9H8BrNO2/c1-7(11(12)13)6-8-2-4-9(10)5-3-8/h2-6H,1H3/b7-6-. The van der Waals surface area contributed by atoms with Crippen LogP contribution in [-0.4, -0.2) is 4.92 Å². The van der Waals surface area contributed by atoms with Crippen molar-refractivity contribution in [1.82, 2.24) is 0 Å². The van der Waals surface area contributed by atoms with Crippen LogP contribution >= 0.6 is 15.9 Å². The summed E-state index contributed by atoms with van der Waals surface area (Å²) in [6.07, 6.45) is 1.53. The quantitative estimate of drug-likeness (QED) is 0.590. The zero-order valence-electron chi connectivity index (χ0n) is 7.03. The summed E-state index contributed by atoms with van der Waals surface area (Å²) in [6, 6.07) is 7.33. The predicted molar refractivity (Wildman–Crippen MR) is 54.8 cm³/mol. The highest BCUT2D eigenvalue weighted by atomic mass is 79.9. The smallest absolute Gasteiger partial charge is 0.243 e. The van der Waals surface area contributed by atoms with Gasteiger partial charge in [0.2, 0.25) is 5.70 Å². The fourth-order valence-electron chi connectivity index (χ4n) is 0.853. The van der Waals surface area contributed by atoms with E-state index in [9.17, 15) is 10.1 Å². The summed E-state index contributed by atoms with van der Waals surface area (Å²) in [5, 5.41) is 10.3. The molecule has 0 aromatic heterocycles. The molecule has 0 heterocycles. The van der Waals surface area contributed by atoms with E-state index in [1.807, 2.05) is 24.3 Å². The van der Waals surface area contributed by atoms with E-state index < -0.39 is 4.92 Å². The van der Waals surface area contributed by atoms with Gasteiger partial charge >= 0.3 is 0 Å². The number of hydrogen-bond acceptors (Lipinski definition) is 2. The highest BCUT2D eigenvalue weighted by Crippen LogP contribution is 2.13. The van der Waals surface area contributed by atoms with Gasteiger partial charge in [-0.2, -0.15) is 0 Å². The average molecular weight is 242 g/mol. The van der Waals surface area contributed by atoms with Crippen LogP contribution in [0, 0.1) is 10.1 Å².